The molecule has 3 aromatic rings. The predicted octanol–water partition coefficient (Wildman–Crippen LogP) is 5.99. The van der Waals surface area contributed by atoms with Crippen molar-refractivity contribution in [3.63, 3.8) is 0 Å². The summed E-state index contributed by atoms with van der Waals surface area (Å²) in [6.45, 7) is 4.18. The number of nitrogens with zero attached hydrogens (tertiary/aromatic N) is 2. The van der Waals surface area contributed by atoms with E-state index in [1.165, 1.54) is 11.1 Å². The van der Waals surface area contributed by atoms with Gasteiger partial charge in [-0.3, -0.25) is 0 Å². The van der Waals surface area contributed by atoms with Crippen molar-refractivity contribution in [1.29, 1.82) is 0 Å². The first kappa shape index (κ1) is 18.9. The molecule has 1 heterocycles. The monoisotopic (exact) mass is 380 g/mol. The average Bonchev–Trinajstić information content (AvgIpc) is 2.98. The smallest absolute Gasteiger partial charge is 0.126 e. The van der Waals surface area contributed by atoms with Gasteiger partial charge in [-0.2, -0.15) is 10.2 Å². The maximum atomic E-state index is 5.63. The summed E-state index contributed by atoms with van der Waals surface area (Å²) in [7, 11) is 1.71. The van der Waals surface area contributed by atoms with Gasteiger partial charge in [0.05, 0.1) is 18.5 Å². The zero-order chi connectivity index (χ0) is 20.2. The largest absolute Gasteiger partial charge is 0.496 e. The second kappa shape index (κ2) is 8.27. The molecule has 0 aliphatic carbocycles. The van der Waals surface area contributed by atoms with E-state index in [4.69, 9.17) is 4.74 Å². The Morgan fingerprint density at radius 1 is 0.724 bits per heavy atom. The zero-order valence-electron chi connectivity index (χ0n) is 17.0. The molecule has 1 aliphatic heterocycles. The Morgan fingerprint density at radius 3 is 2.00 bits per heavy atom. The molecule has 0 amide bonds. The third-order valence-electron chi connectivity index (χ3n) is 5.13. The van der Waals surface area contributed by atoms with E-state index >= 15 is 0 Å². The fraction of sp³-hybridized carbons (Fsp3) is 0.154. The van der Waals surface area contributed by atoms with Crippen LogP contribution in [0.3, 0.4) is 0 Å². The molecule has 1 aliphatic rings. The van der Waals surface area contributed by atoms with Gasteiger partial charge in [-0.25, -0.2) is 0 Å². The molecular formula is C26H24N2O. The summed E-state index contributed by atoms with van der Waals surface area (Å²) in [4.78, 5) is 0. The molecule has 3 heteroatoms. The number of allylic oxidation sites excluding steroid dienone is 2. The molecule has 0 saturated heterocycles. The normalized spacial score (nSPS) is 13.8. The Kier molecular flexibility index (Phi) is 5.39. The summed E-state index contributed by atoms with van der Waals surface area (Å²) in [5, 5.41) is 9.27. The summed E-state index contributed by atoms with van der Waals surface area (Å²) in [6, 6.07) is 24.9. The van der Waals surface area contributed by atoms with Gasteiger partial charge in [-0.1, -0.05) is 77.9 Å². The molecule has 144 valence electrons. The second-order valence-corrected chi connectivity index (χ2v) is 7.31. The van der Waals surface area contributed by atoms with E-state index < -0.39 is 0 Å². The minimum absolute atomic E-state index is 0.683. The molecule has 3 aromatic carbocycles. The van der Waals surface area contributed by atoms with Crippen molar-refractivity contribution < 1.29 is 4.74 Å². The lowest BCUT2D eigenvalue weighted by atomic mass is 9.94. The average molecular weight is 380 g/mol. The summed E-state index contributed by atoms with van der Waals surface area (Å²) < 4.78 is 5.63. The van der Waals surface area contributed by atoms with Crippen molar-refractivity contribution >= 4 is 17.0 Å². The van der Waals surface area contributed by atoms with Crippen molar-refractivity contribution in [3.8, 4) is 5.75 Å². The van der Waals surface area contributed by atoms with Gasteiger partial charge >= 0.3 is 0 Å². The van der Waals surface area contributed by atoms with Gasteiger partial charge in [0.15, 0.2) is 0 Å². The molecule has 0 atom stereocenters. The second-order valence-electron chi connectivity index (χ2n) is 7.31. The summed E-state index contributed by atoms with van der Waals surface area (Å²) in [5.41, 5.74) is 8.60. The number of benzene rings is 3. The zero-order valence-corrected chi connectivity index (χ0v) is 17.0. The molecule has 0 radical (unpaired) electrons. The molecule has 29 heavy (non-hydrogen) atoms. The highest BCUT2D eigenvalue weighted by molar-refractivity contribution is 6.17. The highest BCUT2D eigenvalue weighted by Crippen LogP contribution is 2.31. The number of para-hydroxylation sites is 1. The van der Waals surface area contributed by atoms with Crippen LogP contribution in [0.25, 0.3) is 5.57 Å². The standard InChI is InChI=1S/C26H24N2O/c1-18-8-12-20(13-9-18)24-16-22(23-6-4-5-7-26(23)29-3)17-25(28-27-24)21-14-10-19(2)11-15-21/h4-16H,17H2,1-3H3. The molecule has 0 unspecified atom stereocenters. The topological polar surface area (TPSA) is 34.0 Å². The van der Waals surface area contributed by atoms with Crippen LogP contribution in [0.5, 0.6) is 5.75 Å². The van der Waals surface area contributed by atoms with Crippen LogP contribution in [0.15, 0.2) is 89.1 Å². The molecule has 4 rings (SSSR count). The number of methoxy groups -OCH3 is 1. The lowest BCUT2D eigenvalue weighted by molar-refractivity contribution is 0.413. The van der Waals surface area contributed by atoms with Gasteiger partial charge < -0.3 is 4.74 Å². The lowest BCUT2D eigenvalue weighted by Gasteiger charge is -2.13. The van der Waals surface area contributed by atoms with Gasteiger partial charge in [0.25, 0.3) is 0 Å². The molecule has 0 fully saturated rings. The van der Waals surface area contributed by atoms with E-state index in [-0.39, 0.29) is 0 Å². The van der Waals surface area contributed by atoms with Crippen LogP contribution in [-0.2, 0) is 0 Å². The number of ether oxygens (including phenoxy) is 1. The Morgan fingerprint density at radius 2 is 1.34 bits per heavy atom. The number of rotatable bonds is 4. The first-order valence-electron chi connectivity index (χ1n) is 9.76. The maximum Gasteiger partial charge on any atom is 0.126 e. The minimum atomic E-state index is 0.683. The maximum absolute atomic E-state index is 5.63. The van der Waals surface area contributed by atoms with Gasteiger partial charge in [0.1, 0.15) is 5.75 Å². The van der Waals surface area contributed by atoms with Crippen molar-refractivity contribution in [2.75, 3.05) is 7.11 Å². The van der Waals surface area contributed by atoms with Crippen LogP contribution in [0.1, 0.15) is 34.2 Å². The number of hydrogen-bond donors (Lipinski definition) is 0. The van der Waals surface area contributed by atoms with Gasteiger partial charge in [-0.15, -0.1) is 0 Å². The van der Waals surface area contributed by atoms with Gasteiger partial charge in [0, 0.05) is 17.5 Å². The lowest BCUT2D eigenvalue weighted by Crippen LogP contribution is -2.03. The van der Waals surface area contributed by atoms with Crippen LogP contribution < -0.4 is 4.74 Å². The highest BCUT2D eigenvalue weighted by atomic mass is 16.5. The van der Waals surface area contributed by atoms with Crippen molar-refractivity contribution in [2.24, 2.45) is 10.2 Å². The van der Waals surface area contributed by atoms with Gasteiger partial charge in [-0.05, 0) is 37.1 Å². The molecule has 0 spiro atoms. The molecule has 0 N–H and O–H groups in total. The first-order chi connectivity index (χ1) is 14.1. The Hall–Kier alpha value is -3.46. The van der Waals surface area contributed by atoms with Crippen LogP contribution in [0.2, 0.25) is 0 Å². The Labute approximate surface area is 172 Å². The summed E-state index contributed by atoms with van der Waals surface area (Å²) in [5.74, 6) is 0.854. The SMILES string of the molecule is COc1ccccc1C1=CC(c2ccc(C)cc2)=NN=C(c2ccc(C)cc2)C1. The van der Waals surface area contributed by atoms with E-state index in [9.17, 15) is 0 Å². The first-order valence-corrected chi connectivity index (χ1v) is 9.76. The van der Waals surface area contributed by atoms with Crippen LogP contribution in [0.4, 0.5) is 0 Å². The highest BCUT2D eigenvalue weighted by Gasteiger charge is 2.17. The summed E-state index contributed by atoms with van der Waals surface area (Å²) in [6.07, 6.45) is 2.81. The van der Waals surface area contributed by atoms with E-state index in [1.807, 2.05) is 18.2 Å². The van der Waals surface area contributed by atoms with Crippen molar-refractivity contribution in [1.82, 2.24) is 0 Å². The molecule has 0 saturated carbocycles. The fourth-order valence-corrected chi connectivity index (χ4v) is 3.43. The Bertz CT molecular complexity index is 1100. The minimum Gasteiger partial charge on any atom is -0.496 e. The number of hydrogen-bond acceptors (Lipinski definition) is 3. The summed E-state index contributed by atoms with van der Waals surface area (Å²) >= 11 is 0. The molecular weight excluding hydrogens is 356 g/mol. The third kappa shape index (κ3) is 4.19. The molecule has 0 bridgehead atoms. The van der Waals surface area contributed by atoms with Crippen molar-refractivity contribution in [2.45, 2.75) is 20.3 Å². The van der Waals surface area contributed by atoms with E-state index in [2.05, 4.69) is 84.7 Å². The van der Waals surface area contributed by atoms with Crippen LogP contribution in [-0.4, -0.2) is 18.5 Å². The van der Waals surface area contributed by atoms with E-state index in [0.717, 1.165) is 39.4 Å². The fourth-order valence-electron chi connectivity index (χ4n) is 3.43. The predicted molar refractivity (Wildman–Crippen MR) is 121 cm³/mol. The van der Waals surface area contributed by atoms with E-state index in [1.54, 1.807) is 7.11 Å². The Balaban J connectivity index is 1.84. The third-order valence-corrected chi connectivity index (χ3v) is 5.13. The molecule has 0 aromatic heterocycles. The van der Waals surface area contributed by atoms with Gasteiger partial charge in [0.2, 0.25) is 0 Å². The number of aryl methyl sites for hydroxylation is 2. The molecule has 3 nitrogen and oxygen atoms in total. The van der Waals surface area contributed by atoms with Crippen LogP contribution >= 0.6 is 0 Å². The van der Waals surface area contributed by atoms with Crippen molar-refractivity contribution in [3.05, 3.63) is 107 Å². The van der Waals surface area contributed by atoms with E-state index in [0.29, 0.717) is 6.42 Å². The van der Waals surface area contributed by atoms with Crippen LogP contribution in [0, 0.1) is 13.8 Å². The quantitative estimate of drug-likeness (QED) is 0.547.